The van der Waals surface area contributed by atoms with Crippen LogP contribution in [0, 0.1) is 24.0 Å². The minimum absolute atomic E-state index is 0.0300. The molecule has 0 aliphatic heterocycles. The second-order valence-corrected chi connectivity index (χ2v) is 6.81. The van der Waals surface area contributed by atoms with Gasteiger partial charge < -0.3 is 19.4 Å². The summed E-state index contributed by atoms with van der Waals surface area (Å²) in [5.74, 6) is -0.701. The highest BCUT2D eigenvalue weighted by atomic mass is 79.9. The van der Waals surface area contributed by atoms with E-state index in [1.807, 2.05) is 42.7 Å². The van der Waals surface area contributed by atoms with Crippen molar-refractivity contribution in [1.82, 2.24) is 9.55 Å². The van der Waals surface area contributed by atoms with Crippen molar-refractivity contribution in [3.8, 4) is 11.4 Å². The molecule has 2 heterocycles. The third kappa shape index (κ3) is 3.90. The van der Waals surface area contributed by atoms with E-state index in [4.69, 9.17) is 4.74 Å². The summed E-state index contributed by atoms with van der Waals surface area (Å²) in [5.41, 5.74) is 3.15. The van der Waals surface area contributed by atoms with Crippen LogP contribution in [0.25, 0.3) is 5.69 Å². The molecule has 27 heavy (non-hydrogen) atoms. The number of ether oxygens (including phenoxy) is 1. The number of ketones is 1. The van der Waals surface area contributed by atoms with E-state index < -0.39 is 10.7 Å². The number of Topliss-reactive ketones (excluding diaryl/α,β-unsaturated/α-hetero) is 1. The molecule has 7 nitrogen and oxygen atoms in total. The lowest BCUT2D eigenvalue weighted by Crippen LogP contribution is -2.13. The number of aromatic nitrogens is 2. The van der Waals surface area contributed by atoms with Crippen LogP contribution in [-0.4, -0.2) is 26.9 Å². The van der Waals surface area contributed by atoms with Crippen LogP contribution in [0.2, 0.25) is 0 Å². The zero-order valence-corrected chi connectivity index (χ0v) is 16.3. The molecule has 3 rings (SSSR count). The second kappa shape index (κ2) is 7.71. The van der Waals surface area contributed by atoms with Crippen molar-refractivity contribution in [3.05, 3.63) is 80.2 Å². The van der Waals surface area contributed by atoms with E-state index in [1.54, 1.807) is 6.07 Å². The molecule has 0 spiro atoms. The zero-order valence-electron chi connectivity index (χ0n) is 14.7. The van der Waals surface area contributed by atoms with Gasteiger partial charge in [-0.1, -0.05) is 15.9 Å². The van der Waals surface area contributed by atoms with E-state index in [1.165, 1.54) is 18.3 Å². The van der Waals surface area contributed by atoms with E-state index >= 15 is 0 Å². The van der Waals surface area contributed by atoms with E-state index in [9.17, 15) is 14.9 Å². The average Bonchev–Trinajstić information content (AvgIpc) is 2.95. The lowest BCUT2D eigenvalue weighted by molar-refractivity contribution is -0.390. The SMILES string of the molecule is Cc1cc(C(=O)COc2cccnc2[N+](=O)[O-])c(C)n1-c1ccc(Br)cc1. The Labute approximate surface area is 163 Å². The summed E-state index contributed by atoms with van der Waals surface area (Å²) in [6, 6.07) is 12.5. The number of rotatable bonds is 6. The standard InChI is InChI=1S/C19H16BrN3O4/c1-12-10-16(13(2)22(12)15-7-5-14(20)6-8-15)17(24)11-27-18-4-3-9-21-19(18)23(25)26/h3-10H,11H2,1-2H3. The molecule has 0 unspecified atom stereocenters. The number of carbonyl (C=O) groups is 1. The Balaban J connectivity index is 1.83. The van der Waals surface area contributed by atoms with Gasteiger partial charge in [-0.05, 0) is 66.2 Å². The highest BCUT2D eigenvalue weighted by molar-refractivity contribution is 9.10. The first-order valence-electron chi connectivity index (χ1n) is 8.08. The number of hydrogen-bond acceptors (Lipinski definition) is 5. The summed E-state index contributed by atoms with van der Waals surface area (Å²) in [5, 5.41) is 11.0. The molecular weight excluding hydrogens is 414 g/mol. The van der Waals surface area contributed by atoms with Crippen molar-refractivity contribution in [2.45, 2.75) is 13.8 Å². The monoisotopic (exact) mass is 429 g/mol. The summed E-state index contributed by atoms with van der Waals surface area (Å²) >= 11 is 3.41. The van der Waals surface area contributed by atoms with Gasteiger partial charge in [-0.25, -0.2) is 0 Å². The summed E-state index contributed by atoms with van der Waals surface area (Å²) in [6.45, 7) is 3.46. The fraction of sp³-hybridized carbons (Fsp3) is 0.158. The van der Waals surface area contributed by atoms with Gasteiger partial charge in [0.25, 0.3) is 0 Å². The fourth-order valence-electron chi connectivity index (χ4n) is 2.89. The highest BCUT2D eigenvalue weighted by Crippen LogP contribution is 2.25. The number of benzene rings is 1. The van der Waals surface area contributed by atoms with Crippen LogP contribution in [-0.2, 0) is 0 Å². The van der Waals surface area contributed by atoms with E-state index in [0.717, 1.165) is 21.5 Å². The first-order chi connectivity index (χ1) is 12.9. The topological polar surface area (TPSA) is 87.3 Å². The second-order valence-electron chi connectivity index (χ2n) is 5.89. The lowest BCUT2D eigenvalue weighted by Gasteiger charge is -2.10. The van der Waals surface area contributed by atoms with Crippen molar-refractivity contribution >= 4 is 27.5 Å². The molecule has 1 aromatic carbocycles. The Morgan fingerprint density at radius 3 is 2.63 bits per heavy atom. The number of hydrogen-bond donors (Lipinski definition) is 0. The molecule has 8 heteroatoms. The maximum atomic E-state index is 12.6. The zero-order chi connectivity index (χ0) is 19.6. The molecule has 138 valence electrons. The molecule has 0 bridgehead atoms. The molecule has 0 saturated carbocycles. The Bertz CT molecular complexity index is 1010. The molecule has 0 saturated heterocycles. The van der Waals surface area contributed by atoms with Crippen LogP contribution in [0.15, 0.2) is 53.1 Å². The third-order valence-corrected chi connectivity index (χ3v) is 4.63. The predicted molar refractivity (Wildman–Crippen MR) is 104 cm³/mol. The van der Waals surface area contributed by atoms with Crippen LogP contribution in [0.3, 0.4) is 0 Å². The van der Waals surface area contributed by atoms with Crippen molar-refractivity contribution in [2.24, 2.45) is 0 Å². The van der Waals surface area contributed by atoms with Gasteiger partial charge in [-0.2, -0.15) is 0 Å². The first-order valence-corrected chi connectivity index (χ1v) is 8.88. The van der Waals surface area contributed by atoms with Gasteiger partial charge in [0.15, 0.2) is 6.61 Å². The molecule has 0 N–H and O–H groups in total. The van der Waals surface area contributed by atoms with Crippen LogP contribution in [0.5, 0.6) is 5.75 Å². The van der Waals surface area contributed by atoms with Gasteiger partial charge in [-0.3, -0.25) is 4.79 Å². The molecule has 0 fully saturated rings. The van der Waals surface area contributed by atoms with Gasteiger partial charge in [0.05, 0.1) is 0 Å². The Hall–Kier alpha value is -3.00. The molecule has 0 atom stereocenters. The fourth-order valence-corrected chi connectivity index (χ4v) is 3.15. The van der Waals surface area contributed by atoms with Crippen molar-refractivity contribution in [1.29, 1.82) is 0 Å². The molecular formula is C19H16BrN3O4. The van der Waals surface area contributed by atoms with E-state index in [-0.39, 0.29) is 18.1 Å². The van der Waals surface area contributed by atoms with Crippen molar-refractivity contribution in [2.75, 3.05) is 6.61 Å². The molecule has 0 aliphatic rings. The Morgan fingerprint density at radius 1 is 1.26 bits per heavy atom. The molecule has 2 aromatic heterocycles. The van der Waals surface area contributed by atoms with Gasteiger partial charge in [0, 0.05) is 27.1 Å². The number of halogens is 1. The lowest BCUT2D eigenvalue weighted by atomic mass is 10.1. The highest BCUT2D eigenvalue weighted by Gasteiger charge is 2.20. The van der Waals surface area contributed by atoms with Gasteiger partial charge in [0.2, 0.25) is 11.5 Å². The summed E-state index contributed by atoms with van der Waals surface area (Å²) in [6.07, 6.45) is 1.30. The van der Waals surface area contributed by atoms with Crippen molar-refractivity contribution in [3.63, 3.8) is 0 Å². The molecule has 0 aliphatic carbocycles. The van der Waals surface area contributed by atoms with Crippen LogP contribution < -0.4 is 4.74 Å². The number of aryl methyl sites for hydroxylation is 1. The number of nitrogens with zero attached hydrogens (tertiary/aromatic N) is 3. The minimum Gasteiger partial charge on any atom is -0.477 e. The Kier molecular flexibility index (Phi) is 5.36. The van der Waals surface area contributed by atoms with Gasteiger partial charge >= 0.3 is 5.82 Å². The summed E-state index contributed by atoms with van der Waals surface area (Å²) < 4.78 is 8.32. The smallest absolute Gasteiger partial charge is 0.406 e. The Morgan fingerprint density at radius 2 is 1.96 bits per heavy atom. The third-order valence-electron chi connectivity index (χ3n) is 4.10. The van der Waals surface area contributed by atoms with Gasteiger partial charge in [0.1, 0.15) is 6.20 Å². The predicted octanol–water partition coefficient (Wildman–Crippen LogP) is 4.42. The number of pyridine rings is 1. The summed E-state index contributed by atoms with van der Waals surface area (Å²) in [4.78, 5) is 26.7. The van der Waals surface area contributed by atoms with Gasteiger partial charge in [-0.15, -0.1) is 0 Å². The largest absolute Gasteiger partial charge is 0.477 e. The molecule has 3 aromatic rings. The van der Waals surface area contributed by atoms with Crippen molar-refractivity contribution < 1.29 is 14.5 Å². The summed E-state index contributed by atoms with van der Waals surface area (Å²) in [7, 11) is 0. The van der Waals surface area contributed by atoms with Crippen LogP contribution in [0.4, 0.5) is 5.82 Å². The average molecular weight is 430 g/mol. The maximum Gasteiger partial charge on any atom is 0.406 e. The minimum atomic E-state index is -0.640. The molecule has 0 radical (unpaired) electrons. The van der Waals surface area contributed by atoms with E-state index in [0.29, 0.717) is 5.56 Å². The first kappa shape index (κ1) is 18.8. The number of nitro groups is 1. The molecule has 0 amide bonds. The van der Waals surface area contributed by atoms with E-state index in [2.05, 4.69) is 20.9 Å². The van der Waals surface area contributed by atoms with Crippen LogP contribution in [0.1, 0.15) is 21.7 Å². The maximum absolute atomic E-state index is 12.6. The quantitative estimate of drug-likeness (QED) is 0.328. The van der Waals surface area contributed by atoms with Crippen LogP contribution >= 0.6 is 15.9 Å². The normalized spacial score (nSPS) is 10.6. The number of carbonyl (C=O) groups excluding carboxylic acids is 1.